The molecule has 158 valence electrons. The summed E-state index contributed by atoms with van der Waals surface area (Å²) in [5.74, 6) is 5.15. The molecular formula is C21H18F2N6O2. The van der Waals surface area contributed by atoms with Crippen molar-refractivity contribution in [3.05, 3.63) is 41.9 Å². The number of alkyl halides is 2. The highest BCUT2D eigenvalue weighted by Gasteiger charge is 2.48. The first-order chi connectivity index (χ1) is 15.0. The van der Waals surface area contributed by atoms with Gasteiger partial charge in [0.2, 0.25) is 12.3 Å². The number of aromatic nitrogens is 4. The summed E-state index contributed by atoms with van der Waals surface area (Å²) in [5, 5.41) is 14.2. The molecule has 0 bridgehead atoms. The van der Waals surface area contributed by atoms with Crippen molar-refractivity contribution in [1.29, 1.82) is 0 Å². The first-order valence-electron chi connectivity index (χ1n) is 9.45. The smallest absolute Gasteiger partial charge is 0.242 e. The van der Waals surface area contributed by atoms with E-state index in [-0.39, 0.29) is 12.2 Å². The average molecular weight is 424 g/mol. The van der Waals surface area contributed by atoms with Crippen LogP contribution in [0.4, 0.5) is 20.4 Å². The highest BCUT2D eigenvalue weighted by atomic mass is 19.3. The Balaban J connectivity index is 1.65. The Labute approximate surface area is 176 Å². The monoisotopic (exact) mass is 424 g/mol. The number of hydrogen-bond donors (Lipinski definition) is 2. The Morgan fingerprint density at radius 1 is 1.23 bits per heavy atom. The SMILES string of the molecule is CNc1ncc(C#Cc2ccc(OC)cn2)c2cc(NC(=O)[C@H]3C[C@H]3C(F)F)nnc12. The number of nitrogens with one attached hydrogen (secondary N) is 2. The maximum absolute atomic E-state index is 12.7. The van der Waals surface area contributed by atoms with Crippen molar-refractivity contribution in [3.63, 3.8) is 0 Å². The second kappa shape index (κ2) is 8.47. The van der Waals surface area contributed by atoms with Crippen LogP contribution < -0.4 is 15.4 Å². The van der Waals surface area contributed by atoms with Gasteiger partial charge in [-0.1, -0.05) is 5.92 Å². The van der Waals surface area contributed by atoms with Crippen molar-refractivity contribution in [2.24, 2.45) is 11.8 Å². The summed E-state index contributed by atoms with van der Waals surface area (Å²) in [5.41, 5.74) is 1.55. The maximum Gasteiger partial charge on any atom is 0.242 e. The van der Waals surface area contributed by atoms with Gasteiger partial charge in [0.1, 0.15) is 17.0 Å². The van der Waals surface area contributed by atoms with Crippen molar-refractivity contribution in [2.75, 3.05) is 24.8 Å². The summed E-state index contributed by atoms with van der Waals surface area (Å²) in [7, 11) is 3.25. The number of amides is 1. The highest BCUT2D eigenvalue weighted by Crippen LogP contribution is 2.43. The Kier molecular flexibility index (Phi) is 5.58. The predicted octanol–water partition coefficient (Wildman–Crippen LogP) is 2.71. The first-order valence-corrected chi connectivity index (χ1v) is 9.45. The summed E-state index contributed by atoms with van der Waals surface area (Å²) in [6.45, 7) is 0. The molecule has 0 radical (unpaired) electrons. The number of pyridine rings is 2. The van der Waals surface area contributed by atoms with Crippen LogP contribution in [-0.2, 0) is 4.79 Å². The summed E-state index contributed by atoms with van der Waals surface area (Å²) in [6, 6.07) is 5.08. The fourth-order valence-electron chi connectivity index (χ4n) is 3.10. The van der Waals surface area contributed by atoms with E-state index in [4.69, 9.17) is 4.74 Å². The predicted molar refractivity (Wildman–Crippen MR) is 110 cm³/mol. The molecule has 3 aromatic rings. The van der Waals surface area contributed by atoms with Crippen molar-refractivity contribution < 1.29 is 18.3 Å². The lowest BCUT2D eigenvalue weighted by molar-refractivity contribution is -0.118. The fourth-order valence-corrected chi connectivity index (χ4v) is 3.10. The van der Waals surface area contributed by atoms with Gasteiger partial charge < -0.3 is 15.4 Å². The molecule has 1 amide bonds. The number of ether oxygens (including phenoxy) is 1. The molecule has 1 saturated carbocycles. The summed E-state index contributed by atoms with van der Waals surface area (Å²) in [6.07, 6.45) is 0.806. The van der Waals surface area contributed by atoms with Gasteiger partial charge in [-0.2, -0.15) is 0 Å². The number of nitrogens with zero attached hydrogens (tertiary/aromatic N) is 4. The summed E-state index contributed by atoms with van der Waals surface area (Å²) in [4.78, 5) is 20.7. The van der Waals surface area contributed by atoms with Crippen LogP contribution in [0.5, 0.6) is 5.75 Å². The van der Waals surface area contributed by atoms with E-state index in [1.165, 1.54) is 0 Å². The van der Waals surface area contributed by atoms with Crippen molar-refractivity contribution in [2.45, 2.75) is 12.8 Å². The lowest BCUT2D eigenvalue weighted by atomic mass is 10.1. The minimum absolute atomic E-state index is 0.163. The number of carbonyl (C=O) groups is 1. The van der Waals surface area contributed by atoms with Gasteiger partial charge in [0.05, 0.1) is 18.9 Å². The number of rotatable bonds is 5. The molecule has 1 aliphatic carbocycles. The first kappa shape index (κ1) is 20.4. The van der Waals surface area contributed by atoms with Gasteiger partial charge in [0.25, 0.3) is 0 Å². The van der Waals surface area contributed by atoms with Gasteiger partial charge in [-0.15, -0.1) is 10.2 Å². The Morgan fingerprint density at radius 3 is 2.71 bits per heavy atom. The molecule has 1 aliphatic rings. The van der Waals surface area contributed by atoms with Crippen LogP contribution in [0, 0.1) is 23.7 Å². The molecule has 10 heteroatoms. The second-order valence-corrected chi connectivity index (χ2v) is 6.93. The average Bonchev–Trinajstić information content (AvgIpc) is 3.59. The minimum atomic E-state index is -2.50. The second-order valence-electron chi connectivity index (χ2n) is 6.93. The molecule has 1 fully saturated rings. The number of anilines is 2. The van der Waals surface area contributed by atoms with Crippen LogP contribution in [0.15, 0.2) is 30.6 Å². The zero-order valence-electron chi connectivity index (χ0n) is 16.7. The van der Waals surface area contributed by atoms with Gasteiger partial charge in [-0.05, 0) is 30.5 Å². The van der Waals surface area contributed by atoms with Gasteiger partial charge in [-0.3, -0.25) is 4.79 Å². The van der Waals surface area contributed by atoms with Gasteiger partial charge in [-0.25, -0.2) is 18.7 Å². The van der Waals surface area contributed by atoms with Gasteiger partial charge >= 0.3 is 0 Å². The quantitative estimate of drug-likeness (QED) is 0.607. The third-order valence-corrected chi connectivity index (χ3v) is 4.92. The molecule has 0 spiro atoms. The van der Waals surface area contributed by atoms with E-state index in [2.05, 4.69) is 42.6 Å². The third kappa shape index (κ3) is 4.35. The summed E-state index contributed by atoms with van der Waals surface area (Å²) < 4.78 is 30.5. The summed E-state index contributed by atoms with van der Waals surface area (Å²) >= 11 is 0. The fraction of sp³-hybridized carbons (Fsp3) is 0.286. The number of carbonyl (C=O) groups excluding carboxylic acids is 1. The Bertz CT molecular complexity index is 1190. The lowest BCUT2D eigenvalue weighted by Crippen LogP contribution is -2.17. The molecular weight excluding hydrogens is 406 g/mol. The van der Waals surface area contributed by atoms with Crippen molar-refractivity contribution in [1.82, 2.24) is 20.2 Å². The number of methoxy groups -OCH3 is 1. The van der Waals surface area contributed by atoms with Gasteiger partial charge in [0.15, 0.2) is 11.6 Å². The normalized spacial score (nSPS) is 17.1. The number of halogens is 2. The van der Waals surface area contributed by atoms with E-state index in [9.17, 15) is 13.6 Å². The molecule has 4 rings (SSSR count). The highest BCUT2D eigenvalue weighted by molar-refractivity contribution is 5.97. The minimum Gasteiger partial charge on any atom is -0.495 e. The van der Waals surface area contributed by atoms with Crippen LogP contribution in [0.25, 0.3) is 10.9 Å². The topological polar surface area (TPSA) is 102 Å². The van der Waals surface area contributed by atoms with E-state index in [1.807, 2.05) is 0 Å². The molecule has 8 nitrogen and oxygen atoms in total. The van der Waals surface area contributed by atoms with Crippen molar-refractivity contribution in [3.8, 4) is 17.6 Å². The standard InChI is InChI=1S/C21H18F2N6O2/c1-24-20-18-14(8-17(28-29-18)27-21(30)16-7-15(16)19(22)23)11(9-26-20)3-4-12-5-6-13(31-2)10-25-12/h5-6,8-10,15-16,19H,7H2,1-2H3,(H,24,26)(H,27,28,30)/t15-,16+/m1/s1. The van der Waals surface area contributed by atoms with E-state index >= 15 is 0 Å². The zero-order chi connectivity index (χ0) is 22.0. The molecule has 3 heterocycles. The van der Waals surface area contributed by atoms with E-state index in [0.29, 0.717) is 33.7 Å². The zero-order valence-corrected chi connectivity index (χ0v) is 16.7. The van der Waals surface area contributed by atoms with Crippen LogP contribution >= 0.6 is 0 Å². The van der Waals surface area contributed by atoms with Crippen LogP contribution in [0.2, 0.25) is 0 Å². The number of hydrogen-bond acceptors (Lipinski definition) is 7. The lowest BCUT2D eigenvalue weighted by Gasteiger charge is -2.08. The van der Waals surface area contributed by atoms with Crippen LogP contribution in [-0.4, -0.2) is 46.7 Å². The van der Waals surface area contributed by atoms with Crippen LogP contribution in [0.1, 0.15) is 17.7 Å². The van der Waals surface area contributed by atoms with Gasteiger partial charge in [0, 0.05) is 30.5 Å². The van der Waals surface area contributed by atoms with E-state index < -0.39 is 24.2 Å². The molecule has 0 aliphatic heterocycles. The van der Waals surface area contributed by atoms with E-state index in [1.54, 1.807) is 44.8 Å². The van der Waals surface area contributed by atoms with E-state index in [0.717, 1.165) is 0 Å². The molecule has 31 heavy (non-hydrogen) atoms. The molecule has 0 aromatic carbocycles. The van der Waals surface area contributed by atoms with Crippen molar-refractivity contribution >= 4 is 28.4 Å². The Morgan fingerprint density at radius 2 is 2.06 bits per heavy atom. The molecule has 0 saturated heterocycles. The number of fused-ring (bicyclic) bond motifs is 1. The molecule has 3 aromatic heterocycles. The molecule has 2 atom stereocenters. The maximum atomic E-state index is 12.7. The third-order valence-electron chi connectivity index (χ3n) is 4.92. The van der Waals surface area contributed by atoms with Crippen LogP contribution in [0.3, 0.4) is 0 Å². The largest absolute Gasteiger partial charge is 0.495 e. The molecule has 2 N–H and O–H groups in total. The molecule has 0 unspecified atom stereocenters. The Hall–Kier alpha value is -3.87.